The van der Waals surface area contributed by atoms with Gasteiger partial charge in [-0.15, -0.1) is 11.3 Å². The van der Waals surface area contributed by atoms with Gasteiger partial charge in [0.25, 0.3) is 0 Å². The van der Waals surface area contributed by atoms with Gasteiger partial charge in [-0.25, -0.2) is 9.37 Å². The molecule has 4 fully saturated rings. The zero-order valence-corrected chi connectivity index (χ0v) is 25.6. The van der Waals surface area contributed by atoms with Crippen LogP contribution in [0.5, 0.6) is 0 Å². The third-order valence-electron chi connectivity index (χ3n) is 9.39. The number of nitrogens with zero attached hydrogens (tertiary/aromatic N) is 4. The lowest BCUT2D eigenvalue weighted by atomic mass is 9.76. The molecule has 3 heterocycles. The van der Waals surface area contributed by atoms with Crippen LogP contribution in [0.25, 0.3) is 21.0 Å². The summed E-state index contributed by atoms with van der Waals surface area (Å²) in [5.41, 5.74) is 3.31. The molecule has 8 nitrogen and oxygen atoms in total. The zero-order valence-electron chi connectivity index (χ0n) is 24.0. The van der Waals surface area contributed by atoms with E-state index in [2.05, 4.69) is 45.5 Å². The van der Waals surface area contributed by atoms with E-state index in [1.807, 2.05) is 0 Å². The predicted molar refractivity (Wildman–Crippen MR) is 168 cm³/mol. The van der Waals surface area contributed by atoms with Crippen LogP contribution >= 0.6 is 21.9 Å². The number of aromatic nitrogens is 2. The summed E-state index contributed by atoms with van der Waals surface area (Å²) in [5, 5.41) is 13.3. The minimum Gasteiger partial charge on any atom is -0.368 e. The van der Waals surface area contributed by atoms with E-state index in [0.717, 1.165) is 60.3 Å². The standard InChI is InChI=1S/C32H36FN5O3S2/c33-26-17-22(18-35-27(26)20-5-6-20)31-36-28(24-3-1-2-4-25(24)30(39)37-32(19-34)11-12-32)29(42-31)21-7-9-23(10-8-21)38-13-15-43(40,41)16-14-38/h7-10,17-18,20,24-25,40-41H,1-6,11-16H2,(H,37,39)/t24-,25-/m1/s1. The molecule has 43 heavy (non-hydrogen) atoms. The van der Waals surface area contributed by atoms with Crippen molar-refractivity contribution in [1.82, 2.24) is 15.3 Å². The molecule has 7 rings (SSSR count). The van der Waals surface area contributed by atoms with Crippen LogP contribution in [-0.4, -0.2) is 55.1 Å². The van der Waals surface area contributed by atoms with E-state index >= 15 is 4.39 Å². The number of benzene rings is 1. The number of rotatable bonds is 7. The van der Waals surface area contributed by atoms with Gasteiger partial charge in [-0.2, -0.15) is 15.9 Å². The fraction of sp³-hybridized carbons (Fsp3) is 0.500. The second-order valence-electron chi connectivity index (χ2n) is 12.5. The van der Waals surface area contributed by atoms with Crippen LogP contribution in [0, 0.1) is 23.1 Å². The summed E-state index contributed by atoms with van der Waals surface area (Å²) < 4.78 is 35.1. The smallest absolute Gasteiger partial charge is 0.225 e. The topological polar surface area (TPSA) is 122 Å². The van der Waals surface area contributed by atoms with E-state index in [4.69, 9.17) is 4.98 Å². The maximum atomic E-state index is 15.0. The molecule has 3 aliphatic carbocycles. The lowest BCUT2D eigenvalue weighted by Gasteiger charge is -2.41. The summed E-state index contributed by atoms with van der Waals surface area (Å²) in [6.07, 6.45) is 8.56. The first-order valence-electron chi connectivity index (χ1n) is 15.2. The fourth-order valence-corrected chi connectivity index (χ4v) is 8.79. The number of halogens is 1. The number of amides is 1. The first-order chi connectivity index (χ1) is 20.7. The number of anilines is 1. The van der Waals surface area contributed by atoms with Crippen molar-refractivity contribution in [3.63, 3.8) is 0 Å². The third kappa shape index (κ3) is 5.90. The molecule has 11 heteroatoms. The molecule has 2 atom stereocenters. The molecule has 2 aromatic heterocycles. The van der Waals surface area contributed by atoms with Crippen molar-refractivity contribution in [2.24, 2.45) is 5.92 Å². The number of hydrogen-bond donors (Lipinski definition) is 3. The molecule has 0 bridgehead atoms. The SMILES string of the molecule is N#CC1(NC(=O)[C@@H]2CCCC[C@H]2c2nc(-c3cnc(C4CC4)c(F)c3)sc2-c2ccc(N3CCS(O)(O)CC3)cc2)CC1. The van der Waals surface area contributed by atoms with Gasteiger partial charge in [0, 0.05) is 48.3 Å². The molecule has 3 saturated carbocycles. The minimum atomic E-state index is -2.48. The van der Waals surface area contributed by atoms with Crippen molar-refractivity contribution in [1.29, 1.82) is 5.26 Å². The molecule has 1 saturated heterocycles. The monoisotopic (exact) mass is 621 g/mol. The van der Waals surface area contributed by atoms with Crippen molar-refractivity contribution < 1.29 is 18.3 Å². The van der Waals surface area contributed by atoms with Gasteiger partial charge in [-0.3, -0.25) is 18.9 Å². The molecule has 0 radical (unpaired) electrons. The van der Waals surface area contributed by atoms with Crippen LogP contribution in [0.2, 0.25) is 0 Å². The van der Waals surface area contributed by atoms with Crippen LogP contribution in [-0.2, 0) is 4.79 Å². The second kappa shape index (κ2) is 11.1. The summed E-state index contributed by atoms with van der Waals surface area (Å²) in [6.45, 7) is 1.19. The molecule has 1 aliphatic heterocycles. The Labute approximate surface area is 256 Å². The van der Waals surface area contributed by atoms with Crippen LogP contribution in [0.3, 0.4) is 0 Å². The van der Waals surface area contributed by atoms with Crippen molar-refractivity contribution >= 4 is 33.5 Å². The molecule has 3 aromatic rings. The van der Waals surface area contributed by atoms with E-state index in [1.165, 1.54) is 11.3 Å². The highest BCUT2D eigenvalue weighted by atomic mass is 32.3. The molecule has 1 amide bonds. The number of hydrogen-bond acceptors (Lipinski definition) is 8. The van der Waals surface area contributed by atoms with Gasteiger partial charge < -0.3 is 10.2 Å². The number of pyridine rings is 1. The number of carbonyl (C=O) groups excluding carboxylic acids is 1. The van der Waals surface area contributed by atoms with Gasteiger partial charge in [-0.1, -0.05) is 25.0 Å². The third-order valence-corrected chi connectivity index (χ3v) is 12.2. The Morgan fingerprint density at radius 1 is 1.07 bits per heavy atom. The predicted octanol–water partition coefficient (Wildman–Crippen LogP) is 6.91. The van der Waals surface area contributed by atoms with Crippen LogP contribution in [0.1, 0.15) is 74.6 Å². The Balaban J connectivity index is 1.23. The van der Waals surface area contributed by atoms with E-state index < -0.39 is 16.1 Å². The summed E-state index contributed by atoms with van der Waals surface area (Å²) in [6, 6.07) is 12.1. The number of carbonyl (C=O) groups is 1. The number of thiazole rings is 1. The molecule has 3 N–H and O–H groups in total. The quantitative estimate of drug-likeness (QED) is 0.262. The Kier molecular flexibility index (Phi) is 7.45. The van der Waals surface area contributed by atoms with Gasteiger partial charge in [0.1, 0.15) is 16.4 Å². The molecular weight excluding hydrogens is 586 g/mol. The van der Waals surface area contributed by atoms with Gasteiger partial charge in [-0.05, 0) is 62.3 Å². The number of nitrogens with one attached hydrogen (secondary N) is 1. The van der Waals surface area contributed by atoms with Crippen molar-refractivity contribution in [3.8, 4) is 27.1 Å². The highest BCUT2D eigenvalue weighted by Gasteiger charge is 2.47. The first kappa shape index (κ1) is 28.7. The lowest BCUT2D eigenvalue weighted by molar-refractivity contribution is -0.127. The minimum absolute atomic E-state index is 0.0721. The van der Waals surface area contributed by atoms with Crippen LogP contribution in [0.15, 0.2) is 36.5 Å². The largest absolute Gasteiger partial charge is 0.368 e. The Hall–Kier alpha value is -3.04. The average molecular weight is 622 g/mol. The van der Waals surface area contributed by atoms with E-state index in [-0.39, 0.29) is 29.5 Å². The molecule has 0 spiro atoms. The summed E-state index contributed by atoms with van der Waals surface area (Å²) >= 11 is 1.50. The van der Waals surface area contributed by atoms with E-state index in [0.29, 0.717) is 53.7 Å². The highest BCUT2D eigenvalue weighted by Crippen LogP contribution is 2.48. The van der Waals surface area contributed by atoms with E-state index in [1.54, 1.807) is 12.3 Å². The van der Waals surface area contributed by atoms with Crippen LogP contribution < -0.4 is 10.2 Å². The first-order valence-corrected chi connectivity index (χ1v) is 17.9. The second-order valence-corrected chi connectivity index (χ2v) is 15.9. The van der Waals surface area contributed by atoms with Gasteiger partial charge in [0.05, 0.1) is 33.8 Å². The normalized spacial score (nSPS) is 25.0. The maximum Gasteiger partial charge on any atom is 0.225 e. The lowest BCUT2D eigenvalue weighted by Crippen LogP contribution is -2.42. The fourth-order valence-electron chi connectivity index (χ4n) is 6.43. The van der Waals surface area contributed by atoms with Crippen molar-refractivity contribution in [2.45, 2.75) is 68.7 Å². The average Bonchev–Trinajstić information content (AvgIpc) is 3.95. The molecule has 226 valence electrons. The summed E-state index contributed by atoms with van der Waals surface area (Å²) in [4.78, 5) is 26.3. The summed E-state index contributed by atoms with van der Waals surface area (Å²) in [5.74, 6) is 0.205. The van der Waals surface area contributed by atoms with E-state index in [9.17, 15) is 19.2 Å². The van der Waals surface area contributed by atoms with Crippen LogP contribution in [0.4, 0.5) is 10.1 Å². The summed E-state index contributed by atoms with van der Waals surface area (Å²) in [7, 11) is -2.48. The Bertz CT molecular complexity index is 1570. The van der Waals surface area contributed by atoms with Crippen molar-refractivity contribution in [2.75, 3.05) is 29.5 Å². The highest BCUT2D eigenvalue weighted by molar-refractivity contribution is 8.24. The zero-order chi connectivity index (χ0) is 29.8. The number of nitriles is 1. The molecule has 0 unspecified atom stereocenters. The van der Waals surface area contributed by atoms with Gasteiger partial charge >= 0.3 is 0 Å². The van der Waals surface area contributed by atoms with Gasteiger partial charge in [0.2, 0.25) is 5.91 Å². The molecule has 4 aliphatic rings. The molecule has 1 aromatic carbocycles. The Morgan fingerprint density at radius 2 is 1.79 bits per heavy atom. The van der Waals surface area contributed by atoms with Gasteiger partial charge in [0.15, 0.2) is 0 Å². The van der Waals surface area contributed by atoms with Crippen molar-refractivity contribution in [3.05, 3.63) is 53.7 Å². The maximum absolute atomic E-state index is 15.0. The molecular formula is C32H36FN5O3S2. The Morgan fingerprint density at radius 3 is 2.44 bits per heavy atom.